The molecule has 2 aromatic heterocycles. The van der Waals surface area contributed by atoms with Crippen LogP contribution in [0.5, 0.6) is 0 Å². The summed E-state index contributed by atoms with van der Waals surface area (Å²) in [4.78, 5) is 14.9. The summed E-state index contributed by atoms with van der Waals surface area (Å²) in [6.07, 6.45) is 3.78. The molecule has 0 spiro atoms. The summed E-state index contributed by atoms with van der Waals surface area (Å²) in [5.74, 6) is 1.09. The topological polar surface area (TPSA) is 41.5 Å². The van der Waals surface area contributed by atoms with Crippen LogP contribution in [-0.2, 0) is 11.2 Å². The predicted molar refractivity (Wildman–Crippen MR) is 112 cm³/mol. The van der Waals surface area contributed by atoms with Crippen LogP contribution in [0.1, 0.15) is 12.0 Å². The summed E-state index contributed by atoms with van der Waals surface area (Å²) < 4.78 is 5.81. The zero-order chi connectivity index (χ0) is 18.3. The van der Waals surface area contributed by atoms with Crippen LogP contribution >= 0.6 is 11.3 Å². The largest absolute Gasteiger partial charge is 0.381 e. The average molecular weight is 383 g/mol. The zero-order valence-corrected chi connectivity index (χ0v) is 16.4. The maximum absolute atomic E-state index is 5.81. The van der Waals surface area contributed by atoms with Crippen molar-refractivity contribution in [2.75, 3.05) is 50.8 Å². The number of thiophene rings is 1. The van der Waals surface area contributed by atoms with Crippen LogP contribution in [0.25, 0.3) is 10.2 Å². The van der Waals surface area contributed by atoms with Gasteiger partial charge >= 0.3 is 0 Å². The fourth-order valence-electron chi connectivity index (χ4n) is 3.54. The molecule has 1 aromatic carbocycles. The zero-order valence-electron chi connectivity index (χ0n) is 15.6. The molecule has 3 heterocycles. The van der Waals surface area contributed by atoms with Crippen molar-refractivity contribution >= 4 is 27.4 Å². The van der Waals surface area contributed by atoms with Gasteiger partial charge in [0.15, 0.2) is 0 Å². The minimum atomic E-state index is 0.808. The lowest BCUT2D eigenvalue weighted by Crippen LogP contribution is -2.47. The highest BCUT2D eigenvalue weighted by Gasteiger charge is 2.19. The van der Waals surface area contributed by atoms with E-state index in [1.54, 1.807) is 17.7 Å². The minimum absolute atomic E-state index is 0.808. The lowest BCUT2D eigenvalue weighted by Gasteiger charge is -2.35. The molecule has 0 unspecified atom stereocenters. The second-order valence-electron chi connectivity index (χ2n) is 6.87. The van der Waals surface area contributed by atoms with Gasteiger partial charge in [0.2, 0.25) is 0 Å². The molecule has 1 saturated heterocycles. The molecule has 1 aliphatic rings. The van der Waals surface area contributed by atoms with Crippen molar-refractivity contribution in [1.29, 1.82) is 0 Å². The van der Waals surface area contributed by atoms with Crippen molar-refractivity contribution in [1.82, 2.24) is 14.9 Å². The smallest absolute Gasteiger partial charge is 0.140 e. The van der Waals surface area contributed by atoms with Crippen LogP contribution in [0.15, 0.2) is 48.1 Å². The lowest BCUT2D eigenvalue weighted by atomic mass is 10.2. The second kappa shape index (κ2) is 9.26. The van der Waals surface area contributed by atoms with Crippen molar-refractivity contribution in [2.24, 2.45) is 0 Å². The Morgan fingerprint density at radius 2 is 1.81 bits per heavy atom. The number of ether oxygens (including phenoxy) is 1. The minimum Gasteiger partial charge on any atom is -0.381 e. The molecule has 4 rings (SSSR count). The molecule has 6 heteroatoms. The molecule has 5 nitrogen and oxygen atoms in total. The summed E-state index contributed by atoms with van der Waals surface area (Å²) in [5, 5.41) is 3.28. The van der Waals surface area contributed by atoms with Gasteiger partial charge in [-0.2, -0.15) is 0 Å². The van der Waals surface area contributed by atoms with Crippen molar-refractivity contribution in [2.45, 2.75) is 12.8 Å². The Morgan fingerprint density at radius 3 is 2.67 bits per heavy atom. The molecule has 0 atom stereocenters. The van der Waals surface area contributed by atoms with Crippen LogP contribution < -0.4 is 4.90 Å². The number of hydrogen-bond donors (Lipinski definition) is 0. The van der Waals surface area contributed by atoms with Gasteiger partial charge in [-0.25, -0.2) is 9.97 Å². The van der Waals surface area contributed by atoms with E-state index in [0.29, 0.717) is 0 Å². The standard InChI is InChI=1S/C21H26N4OS/c1-2-5-18(6-3-1)7-15-26-14-4-9-24-10-12-25(13-11-24)20-19-8-16-27-21(19)23-17-22-20/h1-3,5-6,8,16-17H,4,7,9-15H2. The monoisotopic (exact) mass is 382 g/mol. The highest BCUT2D eigenvalue weighted by molar-refractivity contribution is 7.16. The van der Waals surface area contributed by atoms with E-state index in [-0.39, 0.29) is 0 Å². The molecule has 1 aliphatic heterocycles. The summed E-state index contributed by atoms with van der Waals surface area (Å²) >= 11 is 1.68. The van der Waals surface area contributed by atoms with Gasteiger partial charge < -0.3 is 9.64 Å². The third-order valence-corrected chi connectivity index (χ3v) is 5.87. The summed E-state index contributed by atoms with van der Waals surface area (Å²) in [5.41, 5.74) is 1.35. The van der Waals surface area contributed by atoms with Gasteiger partial charge in [-0.15, -0.1) is 11.3 Å². The van der Waals surface area contributed by atoms with E-state index in [2.05, 4.69) is 61.5 Å². The number of anilines is 1. The van der Waals surface area contributed by atoms with Gasteiger partial charge in [0.25, 0.3) is 0 Å². The van der Waals surface area contributed by atoms with Crippen molar-refractivity contribution in [3.63, 3.8) is 0 Å². The van der Waals surface area contributed by atoms with Crippen LogP contribution in [-0.4, -0.2) is 60.8 Å². The van der Waals surface area contributed by atoms with Crippen molar-refractivity contribution in [3.05, 3.63) is 53.7 Å². The van der Waals surface area contributed by atoms with Crippen LogP contribution in [0.4, 0.5) is 5.82 Å². The molecule has 142 valence electrons. The summed E-state index contributed by atoms with van der Waals surface area (Å²) in [7, 11) is 0. The van der Waals surface area contributed by atoms with E-state index in [0.717, 1.165) is 69.4 Å². The van der Waals surface area contributed by atoms with Gasteiger partial charge in [0, 0.05) is 39.3 Å². The number of piperazine rings is 1. The first-order chi connectivity index (χ1) is 13.4. The molecule has 0 aliphatic carbocycles. The number of nitrogens with zero attached hydrogens (tertiary/aromatic N) is 4. The number of rotatable bonds is 8. The third kappa shape index (κ3) is 4.83. The molecule has 0 N–H and O–H groups in total. The predicted octanol–water partition coefficient (Wildman–Crippen LogP) is 3.46. The van der Waals surface area contributed by atoms with Crippen molar-refractivity contribution in [3.8, 4) is 0 Å². The van der Waals surface area contributed by atoms with Gasteiger partial charge in [-0.1, -0.05) is 30.3 Å². The number of hydrogen-bond acceptors (Lipinski definition) is 6. The van der Waals surface area contributed by atoms with Gasteiger partial charge in [-0.3, -0.25) is 4.90 Å². The first-order valence-corrected chi connectivity index (χ1v) is 10.6. The SMILES string of the molecule is c1ccc(CCOCCCN2CCN(c3ncnc4sccc34)CC2)cc1. The fourth-order valence-corrected chi connectivity index (χ4v) is 4.27. The quantitative estimate of drug-likeness (QED) is 0.558. The number of benzene rings is 1. The van der Waals surface area contributed by atoms with Gasteiger partial charge in [0.05, 0.1) is 12.0 Å². The second-order valence-corrected chi connectivity index (χ2v) is 7.76. The van der Waals surface area contributed by atoms with E-state index in [1.165, 1.54) is 10.9 Å². The third-order valence-electron chi connectivity index (χ3n) is 5.05. The number of aromatic nitrogens is 2. The van der Waals surface area contributed by atoms with E-state index < -0.39 is 0 Å². The van der Waals surface area contributed by atoms with E-state index in [1.807, 2.05) is 0 Å². The normalized spacial score (nSPS) is 15.5. The Morgan fingerprint density at radius 1 is 0.963 bits per heavy atom. The molecular formula is C21H26N4OS. The van der Waals surface area contributed by atoms with Crippen LogP contribution in [0.2, 0.25) is 0 Å². The molecule has 0 amide bonds. The molecule has 0 radical (unpaired) electrons. The maximum atomic E-state index is 5.81. The Balaban J connectivity index is 1.14. The lowest BCUT2D eigenvalue weighted by molar-refractivity contribution is 0.122. The summed E-state index contributed by atoms with van der Waals surface area (Å²) in [6.45, 7) is 6.97. The number of fused-ring (bicyclic) bond motifs is 1. The molecule has 0 saturated carbocycles. The molecular weight excluding hydrogens is 356 g/mol. The van der Waals surface area contributed by atoms with Gasteiger partial charge in [-0.05, 0) is 29.9 Å². The van der Waals surface area contributed by atoms with E-state index in [4.69, 9.17) is 4.74 Å². The molecule has 1 fully saturated rings. The van der Waals surface area contributed by atoms with E-state index >= 15 is 0 Å². The molecule has 27 heavy (non-hydrogen) atoms. The maximum Gasteiger partial charge on any atom is 0.140 e. The van der Waals surface area contributed by atoms with Crippen LogP contribution in [0.3, 0.4) is 0 Å². The highest BCUT2D eigenvalue weighted by Crippen LogP contribution is 2.27. The summed E-state index contributed by atoms with van der Waals surface area (Å²) in [6, 6.07) is 12.7. The fraction of sp³-hybridized carbons (Fsp3) is 0.429. The molecule has 0 bridgehead atoms. The first kappa shape index (κ1) is 18.3. The average Bonchev–Trinajstić information content (AvgIpc) is 3.21. The Hall–Kier alpha value is -2.02. The molecule has 3 aromatic rings. The van der Waals surface area contributed by atoms with Crippen molar-refractivity contribution < 1.29 is 4.74 Å². The van der Waals surface area contributed by atoms with Gasteiger partial charge in [0.1, 0.15) is 17.0 Å². The van der Waals surface area contributed by atoms with E-state index in [9.17, 15) is 0 Å². The van der Waals surface area contributed by atoms with Crippen LogP contribution in [0, 0.1) is 0 Å². The Labute approximate surface area is 164 Å². The Kier molecular flexibility index (Phi) is 6.29. The first-order valence-electron chi connectivity index (χ1n) is 9.67. The highest BCUT2D eigenvalue weighted by atomic mass is 32.1. The Bertz CT molecular complexity index is 830.